The van der Waals surface area contributed by atoms with Crippen molar-refractivity contribution in [3.63, 3.8) is 0 Å². The summed E-state index contributed by atoms with van der Waals surface area (Å²) in [6.45, 7) is -38.1. The third kappa shape index (κ3) is 5.46. The van der Waals surface area contributed by atoms with Crippen molar-refractivity contribution < 1.29 is 76.1 Å². The van der Waals surface area contributed by atoms with E-state index in [1.165, 1.54) is 0 Å². The van der Waals surface area contributed by atoms with Crippen molar-refractivity contribution in [3.8, 4) is 0 Å². The van der Waals surface area contributed by atoms with Crippen molar-refractivity contribution in [2.24, 2.45) is 0 Å². The molecule has 1 aromatic rings. The topological polar surface area (TPSA) is 98.9 Å². The lowest BCUT2D eigenvalue weighted by atomic mass is 9.80. The minimum Gasteiger partial charge on any atom is -0.459 e. The second kappa shape index (κ2) is 8.90. The Bertz CT molecular complexity index is 1810. The molecule has 1 aromatic carbocycles. The van der Waals surface area contributed by atoms with Gasteiger partial charge in [-0.25, -0.2) is 9.59 Å². The quantitative estimate of drug-likeness (QED) is 0.430. The van der Waals surface area contributed by atoms with Crippen LogP contribution in [0.3, 0.4) is 0 Å². The molecule has 0 N–H and O–H groups in total. The summed E-state index contributed by atoms with van der Waals surface area (Å²) in [7, 11) is 0. The number of esters is 2. The van der Waals surface area contributed by atoms with Crippen LogP contribution in [0, 0.1) is 0 Å². The van der Waals surface area contributed by atoms with E-state index < -0.39 is 148 Å². The maximum Gasteiger partial charge on any atom is 0.338 e. The summed E-state index contributed by atoms with van der Waals surface area (Å²) in [6.07, 6.45) is -30.1. The number of carbonyl (C=O) groups excluding carboxylic acids is 2. The van der Waals surface area contributed by atoms with Crippen molar-refractivity contribution >= 4 is 11.9 Å². The molecular formula is C26H38N2O6. The second-order valence-corrected chi connectivity index (χ2v) is 6.95. The van der Waals surface area contributed by atoms with Crippen molar-refractivity contribution in [1.29, 1.82) is 0 Å². The van der Waals surface area contributed by atoms with E-state index in [9.17, 15) is 20.0 Å². The highest BCUT2D eigenvalue weighted by molar-refractivity contribution is 5.93. The van der Waals surface area contributed by atoms with E-state index >= 15 is 0 Å². The maximum absolute atomic E-state index is 14.2. The Hall–Kier alpha value is -2.00. The summed E-state index contributed by atoms with van der Waals surface area (Å²) >= 11 is 0. The first-order valence-electron chi connectivity index (χ1n) is 25.8. The molecule has 8 nitrogen and oxygen atoms in total. The van der Waals surface area contributed by atoms with Gasteiger partial charge in [-0.2, -0.15) is 0 Å². The highest BCUT2D eigenvalue weighted by Gasteiger charge is 2.48. The average Bonchev–Trinajstić information content (AvgIpc) is 3.01. The molecule has 8 heteroatoms. The molecule has 2 radical (unpaired) electrons. The Balaban J connectivity index is 2.39. The zero-order valence-electron chi connectivity index (χ0n) is 50.7. The summed E-state index contributed by atoms with van der Waals surface area (Å²) in [5, 5.41) is 24.8. The Labute approximate surface area is 250 Å². The van der Waals surface area contributed by atoms with E-state index in [0.717, 1.165) is 0 Å². The number of hydrogen-bond acceptors (Lipinski definition) is 6. The summed E-state index contributed by atoms with van der Waals surface area (Å²) in [4.78, 5) is 27.5. The van der Waals surface area contributed by atoms with Gasteiger partial charge in [0.15, 0.2) is 0 Å². The van der Waals surface area contributed by atoms with Crippen LogP contribution in [0.1, 0.15) is 148 Å². The number of carbonyl (C=O) groups is 2. The van der Waals surface area contributed by atoms with E-state index in [4.69, 9.17) is 56.1 Å². The number of hydroxylamine groups is 4. The zero-order chi connectivity index (χ0) is 54.7. The SMILES string of the molecule is [2H]C([2H])([2H])C1(C([2H])([2H])[2H])N([O])C(C([2H])([2H])[2H])(C([2H])([2H])[2H])C([2H])([2H])C([2H])(OC(=O)c2ccc(C(=O)OC3([2H])C([2H])([2H])C(C([2H])([2H])[2H])(C([2H])([2H])[2H])[15N]([O])C(C([2H])([2H])[2H])(C([2H])([2H])[2H])C3([2H])[2H])cc2)C1([2H])[2H]. The predicted molar refractivity (Wildman–Crippen MR) is 125 cm³/mol. The predicted octanol–water partition coefficient (Wildman–Crippen LogP) is 4.73. The van der Waals surface area contributed by atoms with Gasteiger partial charge in [-0.05, 0) is 79.1 Å². The van der Waals surface area contributed by atoms with Crippen molar-refractivity contribution in [2.45, 2.75) is 115 Å². The molecule has 0 aromatic heterocycles. The van der Waals surface area contributed by atoms with Gasteiger partial charge in [0.2, 0.25) is 0 Å². The van der Waals surface area contributed by atoms with Gasteiger partial charge in [0.25, 0.3) is 0 Å². The van der Waals surface area contributed by atoms with E-state index in [2.05, 4.69) is 0 Å². The largest absolute Gasteiger partial charge is 0.459 e. The lowest BCUT2D eigenvalue weighted by molar-refractivity contribution is -0.298. The molecule has 0 unspecified atom stereocenters. The number of hydrogen-bond donors (Lipinski definition) is 0. The van der Waals surface area contributed by atoms with Crippen LogP contribution in [0.25, 0.3) is 0 Å². The third-order valence-corrected chi connectivity index (χ3v) is 4.14. The Morgan fingerprint density at radius 2 is 1.00 bits per heavy atom. The third-order valence-electron chi connectivity index (χ3n) is 4.14. The number of ether oxygens (including phenoxy) is 2. The minimum absolute atomic E-state index is 0.280. The molecule has 0 spiro atoms. The second-order valence-electron chi connectivity index (χ2n) is 6.95. The molecule has 188 valence electrons. The molecule has 0 saturated carbocycles. The summed E-state index contributed by atoms with van der Waals surface area (Å²) in [5.74, 6) is -4.68. The lowest BCUT2D eigenvalue weighted by Crippen LogP contribution is -2.60. The van der Waals surface area contributed by atoms with Gasteiger partial charge in [0.1, 0.15) is 12.2 Å². The zero-order valence-corrected chi connectivity index (χ0v) is 16.7. The molecule has 3 rings (SSSR count). The highest BCUT2D eigenvalue weighted by Crippen LogP contribution is 2.39. The smallest absolute Gasteiger partial charge is 0.338 e. The molecule has 34 heavy (non-hydrogen) atoms. The average molecular weight is 510 g/mol. The van der Waals surface area contributed by atoms with Crippen LogP contribution in [0.15, 0.2) is 24.3 Å². The fraction of sp³-hybridized carbons (Fsp3) is 0.692. The molecule has 2 fully saturated rings. The first-order chi connectivity index (χ1) is 29.3. The molecule has 2 saturated heterocycles. The van der Waals surface area contributed by atoms with Gasteiger partial charge in [0, 0.05) is 91.5 Å². The first kappa shape index (κ1) is 6.65. The van der Waals surface area contributed by atoms with Gasteiger partial charge >= 0.3 is 11.9 Å². The van der Waals surface area contributed by atoms with Gasteiger partial charge < -0.3 is 9.47 Å². The number of rotatable bonds is 4. The maximum atomic E-state index is 14.2. The molecule has 2 aliphatic heterocycles. The van der Waals surface area contributed by atoms with Crippen LogP contribution in [-0.4, -0.2) is 56.4 Å². The Morgan fingerprint density at radius 1 is 0.735 bits per heavy atom. The van der Waals surface area contributed by atoms with Crippen LogP contribution in [0.5, 0.6) is 0 Å². The Morgan fingerprint density at radius 3 is 1.24 bits per heavy atom. The number of nitrogens with zero attached hydrogens (tertiary/aromatic N) is 2. The van der Waals surface area contributed by atoms with Crippen molar-refractivity contribution in [1.82, 2.24) is 10.1 Å². The fourth-order valence-corrected chi connectivity index (χ4v) is 2.57. The van der Waals surface area contributed by atoms with Crippen molar-refractivity contribution in [3.05, 3.63) is 35.4 Å². The summed E-state index contributed by atoms with van der Waals surface area (Å²) in [5.41, 5.74) is -22.8. The molecule has 0 amide bonds. The van der Waals surface area contributed by atoms with Crippen LogP contribution in [-0.2, 0) is 19.9 Å². The van der Waals surface area contributed by atoms with E-state index in [-0.39, 0.29) is 24.3 Å². The fourth-order valence-electron chi connectivity index (χ4n) is 2.57. The van der Waals surface area contributed by atoms with Crippen LogP contribution in [0.2, 0.25) is 0 Å². The van der Waals surface area contributed by atoms with Gasteiger partial charge in [-0.15, -0.1) is 20.5 Å². The summed E-state index contributed by atoms with van der Waals surface area (Å²) in [6, 6.07) is 1.12. The standard InChI is InChI=1S/C26H38N2O6/c1-23(2)13-19(14-24(3,4)27(23)31)33-21(29)17-9-11-18(12-10-17)22(30)34-20-15-25(5,6)28(32)26(7,8)16-20/h9-12,19-20H,13-16H2,1-8H3/i1D3,2D3,3D3,4D3,5D3,6D3,7D3,8D3,13D2,14D2,15D2,16D2,19D,20D,27+1. The normalized spacial score (nSPS) is 50.5. The Kier molecular flexibility index (Phi) is 1.74. The van der Waals surface area contributed by atoms with Crippen LogP contribution in [0.4, 0.5) is 0 Å². The monoisotopic (exact) mass is 509 g/mol. The molecule has 0 atom stereocenters. The minimum atomic E-state index is -5.10. The molecule has 2 heterocycles. The van der Waals surface area contributed by atoms with Gasteiger partial charge in [0.05, 0.1) is 13.9 Å². The van der Waals surface area contributed by atoms with E-state index in [1.807, 2.05) is 0 Å². The number of piperidine rings is 2. The van der Waals surface area contributed by atoms with Crippen molar-refractivity contribution in [2.75, 3.05) is 0 Å². The van der Waals surface area contributed by atoms with Gasteiger partial charge in [-0.3, -0.25) is 0 Å². The van der Waals surface area contributed by atoms with Gasteiger partial charge in [-0.1, -0.05) is 0 Å². The first-order valence-corrected chi connectivity index (χ1v) is 8.81. The molecular weight excluding hydrogens is 437 g/mol. The number of benzene rings is 1. The lowest BCUT2D eigenvalue weighted by Gasteiger charge is -2.49. The molecule has 0 bridgehead atoms. The van der Waals surface area contributed by atoms with E-state index in [1.54, 1.807) is 0 Å². The van der Waals surface area contributed by atoms with E-state index in [0.29, 0.717) is 0 Å². The van der Waals surface area contributed by atoms with Crippen LogP contribution < -0.4 is 0 Å². The molecule has 0 aliphatic carbocycles. The van der Waals surface area contributed by atoms with Crippen LogP contribution >= 0.6 is 0 Å². The highest BCUT2D eigenvalue weighted by atomic mass is 16.8. The molecule has 2 aliphatic rings. The summed E-state index contributed by atoms with van der Waals surface area (Å²) < 4.78 is 289.